The Labute approximate surface area is 275 Å². The van der Waals surface area contributed by atoms with Crippen LogP contribution in [-0.4, -0.2) is 15.0 Å². The van der Waals surface area contributed by atoms with Crippen LogP contribution in [0.5, 0.6) is 0 Å². The van der Waals surface area contributed by atoms with E-state index in [-0.39, 0.29) is 0 Å². The van der Waals surface area contributed by atoms with Gasteiger partial charge in [-0.25, -0.2) is 15.0 Å². The van der Waals surface area contributed by atoms with E-state index in [0.29, 0.717) is 29.3 Å². The number of allylic oxidation sites excluding steroid dienone is 8. The lowest BCUT2D eigenvalue weighted by molar-refractivity contribution is 0.663. The average Bonchev–Trinajstić information content (AvgIpc) is 3.72. The average molecular weight is 618 g/mol. The van der Waals surface area contributed by atoms with Crippen molar-refractivity contribution in [2.45, 2.75) is 0 Å². The Morgan fingerprint density at radius 2 is 0.958 bits per heavy atom. The summed E-state index contributed by atoms with van der Waals surface area (Å²) in [6, 6.07) is 37.0. The normalized spacial score (nSPS) is 17.0. The van der Waals surface area contributed by atoms with E-state index in [1.54, 1.807) is 0 Å². The molecule has 48 heavy (non-hydrogen) atoms. The molecule has 0 fully saturated rings. The molecule has 2 aliphatic carbocycles. The topological polar surface area (TPSA) is 65.0 Å². The van der Waals surface area contributed by atoms with Gasteiger partial charge in [-0.15, -0.1) is 0 Å². The molecule has 0 N–H and O–H groups in total. The van der Waals surface area contributed by atoms with Gasteiger partial charge in [0, 0.05) is 50.1 Å². The van der Waals surface area contributed by atoms with Crippen LogP contribution >= 0.6 is 0 Å². The first kappa shape index (κ1) is 26.8. The molecule has 5 heteroatoms. The van der Waals surface area contributed by atoms with Crippen LogP contribution in [0.15, 0.2) is 161 Å². The number of para-hydroxylation sites is 2. The maximum atomic E-state index is 6.23. The Balaban J connectivity index is 1.10. The summed E-state index contributed by atoms with van der Waals surface area (Å²) in [7, 11) is 0. The molecule has 10 rings (SSSR count). The molecule has 0 aliphatic heterocycles. The lowest BCUT2D eigenvalue weighted by Gasteiger charge is -2.23. The molecule has 0 radical (unpaired) electrons. The van der Waals surface area contributed by atoms with Crippen molar-refractivity contribution < 1.29 is 8.83 Å². The van der Waals surface area contributed by atoms with Crippen molar-refractivity contribution in [2.75, 3.05) is 0 Å². The third-order valence-corrected chi connectivity index (χ3v) is 9.48. The number of fused-ring (bicyclic) bond motifs is 7. The molecule has 5 nitrogen and oxygen atoms in total. The van der Waals surface area contributed by atoms with Crippen LogP contribution in [0.25, 0.3) is 83.6 Å². The smallest absolute Gasteiger partial charge is 0.164 e. The van der Waals surface area contributed by atoms with E-state index in [2.05, 4.69) is 97.1 Å². The van der Waals surface area contributed by atoms with Gasteiger partial charge in [-0.1, -0.05) is 109 Å². The highest BCUT2D eigenvalue weighted by atomic mass is 16.3. The van der Waals surface area contributed by atoms with Crippen LogP contribution in [0.4, 0.5) is 0 Å². The molecular formula is C43H27N3O2. The van der Waals surface area contributed by atoms with Crippen LogP contribution < -0.4 is 0 Å². The number of furan rings is 2. The summed E-state index contributed by atoms with van der Waals surface area (Å²) < 4.78 is 12.3. The Hall–Kier alpha value is -6.33. The molecule has 0 spiro atoms. The fourth-order valence-corrected chi connectivity index (χ4v) is 6.98. The van der Waals surface area contributed by atoms with E-state index < -0.39 is 0 Å². The van der Waals surface area contributed by atoms with Crippen LogP contribution in [-0.2, 0) is 0 Å². The molecule has 5 aromatic carbocycles. The van der Waals surface area contributed by atoms with Gasteiger partial charge in [-0.05, 0) is 53.6 Å². The zero-order valence-electron chi connectivity index (χ0n) is 25.7. The third kappa shape index (κ3) is 4.43. The van der Waals surface area contributed by atoms with Gasteiger partial charge in [-0.3, -0.25) is 0 Å². The standard InChI is InChI=1S/C43H27N3O2/c1-2-8-29-23-30(18-15-26(29)7-1)27-13-16-28(17-14-27)41-44-42(31-20-22-39-36(24-31)34-10-4-6-12-38(34)47-39)46-43(45-41)32-19-21-35-33-9-3-5-11-37(33)48-40(35)25-32/h1-26,29H. The maximum Gasteiger partial charge on any atom is 0.164 e. The predicted molar refractivity (Wildman–Crippen MR) is 193 cm³/mol. The van der Waals surface area contributed by atoms with Gasteiger partial charge in [-0.2, -0.15) is 0 Å². The number of rotatable bonds is 4. The maximum absolute atomic E-state index is 6.23. The highest BCUT2D eigenvalue weighted by molar-refractivity contribution is 6.07. The summed E-state index contributed by atoms with van der Waals surface area (Å²) in [5, 5.41) is 4.24. The molecule has 3 heterocycles. The molecule has 0 bridgehead atoms. The van der Waals surface area contributed by atoms with Crippen LogP contribution in [0.1, 0.15) is 5.56 Å². The van der Waals surface area contributed by atoms with Crippen molar-refractivity contribution in [3.63, 3.8) is 0 Å². The number of benzene rings is 5. The molecule has 0 saturated heterocycles. The van der Waals surface area contributed by atoms with E-state index in [9.17, 15) is 0 Å². The van der Waals surface area contributed by atoms with Crippen molar-refractivity contribution in [3.05, 3.63) is 157 Å². The second-order valence-corrected chi connectivity index (χ2v) is 12.4. The van der Waals surface area contributed by atoms with Crippen molar-refractivity contribution in [3.8, 4) is 34.2 Å². The van der Waals surface area contributed by atoms with E-state index in [4.69, 9.17) is 23.8 Å². The predicted octanol–water partition coefficient (Wildman–Crippen LogP) is 11.0. The fourth-order valence-electron chi connectivity index (χ4n) is 6.98. The zero-order chi connectivity index (χ0) is 31.6. The van der Waals surface area contributed by atoms with Gasteiger partial charge < -0.3 is 8.83 Å². The first-order valence-corrected chi connectivity index (χ1v) is 16.2. The Kier molecular flexibility index (Phi) is 5.93. The number of nitrogens with zero attached hydrogens (tertiary/aromatic N) is 3. The van der Waals surface area contributed by atoms with E-state index >= 15 is 0 Å². The fraction of sp³-hybridized carbons (Fsp3) is 0.0465. The van der Waals surface area contributed by atoms with Gasteiger partial charge in [0.2, 0.25) is 0 Å². The summed E-state index contributed by atoms with van der Waals surface area (Å²) in [6.07, 6.45) is 15.6. The quantitative estimate of drug-likeness (QED) is 0.197. The molecule has 2 aliphatic rings. The second-order valence-electron chi connectivity index (χ2n) is 12.4. The summed E-state index contributed by atoms with van der Waals surface area (Å²) >= 11 is 0. The lowest BCUT2D eigenvalue weighted by atomic mass is 9.81. The van der Waals surface area contributed by atoms with Crippen LogP contribution in [0.2, 0.25) is 0 Å². The molecule has 0 amide bonds. The minimum atomic E-state index is 0.386. The highest BCUT2D eigenvalue weighted by Crippen LogP contribution is 2.36. The second kappa shape index (κ2) is 10.6. The largest absolute Gasteiger partial charge is 0.456 e. The summed E-state index contributed by atoms with van der Waals surface area (Å²) in [5.74, 6) is 2.60. The molecule has 3 aromatic heterocycles. The van der Waals surface area contributed by atoms with E-state index in [0.717, 1.165) is 60.6 Å². The third-order valence-electron chi connectivity index (χ3n) is 9.48. The molecule has 8 aromatic rings. The Morgan fingerprint density at radius 3 is 1.73 bits per heavy atom. The molecule has 2 unspecified atom stereocenters. The van der Waals surface area contributed by atoms with Gasteiger partial charge in [0.1, 0.15) is 22.3 Å². The van der Waals surface area contributed by atoms with Crippen molar-refractivity contribution in [1.82, 2.24) is 15.0 Å². The summed E-state index contributed by atoms with van der Waals surface area (Å²) in [5.41, 5.74) is 8.40. The van der Waals surface area contributed by atoms with Gasteiger partial charge >= 0.3 is 0 Å². The highest BCUT2D eigenvalue weighted by Gasteiger charge is 2.20. The van der Waals surface area contributed by atoms with Crippen molar-refractivity contribution in [1.29, 1.82) is 0 Å². The molecule has 2 atom stereocenters. The minimum absolute atomic E-state index is 0.386. The lowest BCUT2D eigenvalue weighted by Crippen LogP contribution is -2.11. The van der Waals surface area contributed by atoms with Gasteiger partial charge in [0.25, 0.3) is 0 Å². The zero-order valence-corrected chi connectivity index (χ0v) is 25.7. The van der Waals surface area contributed by atoms with E-state index in [1.807, 2.05) is 54.6 Å². The van der Waals surface area contributed by atoms with Crippen molar-refractivity contribution in [2.24, 2.45) is 11.8 Å². The van der Waals surface area contributed by atoms with E-state index in [1.165, 1.54) is 11.1 Å². The van der Waals surface area contributed by atoms with Crippen LogP contribution in [0, 0.1) is 11.8 Å². The number of hydrogen-bond donors (Lipinski definition) is 0. The van der Waals surface area contributed by atoms with Crippen LogP contribution in [0.3, 0.4) is 0 Å². The molecule has 226 valence electrons. The monoisotopic (exact) mass is 617 g/mol. The van der Waals surface area contributed by atoms with Gasteiger partial charge in [0.15, 0.2) is 17.5 Å². The van der Waals surface area contributed by atoms with Crippen molar-refractivity contribution >= 4 is 49.5 Å². The summed E-state index contributed by atoms with van der Waals surface area (Å²) in [4.78, 5) is 15.1. The molecule has 0 saturated carbocycles. The SMILES string of the molecule is C1=CC2C=CC(c3ccc(-c4nc(-c5ccc6c(c5)oc5ccccc56)nc(-c5ccc6oc7ccccc7c6c5)n4)cc3)=CC2C=C1. The first-order chi connectivity index (χ1) is 23.7. The minimum Gasteiger partial charge on any atom is -0.456 e. The summed E-state index contributed by atoms with van der Waals surface area (Å²) in [6.45, 7) is 0. The van der Waals surface area contributed by atoms with Gasteiger partial charge in [0.05, 0.1) is 0 Å². The molecular weight excluding hydrogens is 590 g/mol. The number of hydrogen-bond acceptors (Lipinski definition) is 5. The first-order valence-electron chi connectivity index (χ1n) is 16.2. The number of aromatic nitrogens is 3. The Bertz CT molecular complexity index is 2690. The Morgan fingerprint density at radius 1 is 0.417 bits per heavy atom.